The molecule has 1 fully saturated rings. The quantitative estimate of drug-likeness (QED) is 0.461. The molecule has 0 spiro atoms. The highest BCUT2D eigenvalue weighted by molar-refractivity contribution is 6.30. The van der Waals surface area contributed by atoms with Gasteiger partial charge in [-0.15, -0.1) is 0 Å². The first kappa shape index (κ1) is 22.8. The minimum atomic E-state index is -0.589. The molecule has 0 atom stereocenters. The fourth-order valence-electron chi connectivity index (χ4n) is 3.33. The monoisotopic (exact) mass is 443 g/mol. The Bertz CT molecular complexity index is 949. The van der Waals surface area contributed by atoms with Crippen molar-refractivity contribution >= 4 is 35.1 Å². The van der Waals surface area contributed by atoms with Gasteiger partial charge in [-0.3, -0.25) is 9.59 Å². The zero-order valence-corrected chi connectivity index (χ0v) is 18.4. The van der Waals surface area contributed by atoms with Gasteiger partial charge in [-0.25, -0.2) is 4.79 Å². The van der Waals surface area contributed by atoms with Gasteiger partial charge < -0.3 is 14.8 Å². The number of carbonyl (C=O) groups is 3. The minimum absolute atomic E-state index is 0.103. The number of hydrogen-bond acceptors (Lipinski definition) is 5. The maximum Gasteiger partial charge on any atom is 0.343 e. The normalized spacial score (nSPS) is 14.2. The van der Waals surface area contributed by atoms with Crippen LogP contribution in [-0.4, -0.2) is 17.8 Å². The molecule has 0 bridgehead atoms. The second-order valence-corrected chi connectivity index (χ2v) is 8.43. The highest BCUT2D eigenvalue weighted by Crippen LogP contribution is 2.30. The van der Waals surface area contributed by atoms with Crippen LogP contribution < -0.4 is 14.8 Å². The van der Waals surface area contributed by atoms with Crippen LogP contribution in [0.2, 0.25) is 5.02 Å². The van der Waals surface area contributed by atoms with Crippen molar-refractivity contribution in [2.45, 2.75) is 46.0 Å². The average Bonchev–Trinajstić information content (AvgIpc) is 2.74. The van der Waals surface area contributed by atoms with Gasteiger partial charge in [0.15, 0.2) is 0 Å². The van der Waals surface area contributed by atoms with Crippen LogP contribution in [0.5, 0.6) is 11.5 Å². The fourth-order valence-corrected chi connectivity index (χ4v) is 3.55. The van der Waals surface area contributed by atoms with E-state index in [1.165, 1.54) is 18.2 Å². The Balaban J connectivity index is 1.64. The van der Waals surface area contributed by atoms with Crippen LogP contribution >= 0.6 is 11.6 Å². The zero-order chi connectivity index (χ0) is 22.4. The van der Waals surface area contributed by atoms with E-state index in [0.717, 1.165) is 32.1 Å². The molecule has 1 saturated carbocycles. The Kier molecular flexibility index (Phi) is 7.69. The zero-order valence-electron chi connectivity index (χ0n) is 17.7. The number of rotatable bonds is 6. The molecule has 1 N–H and O–H groups in total. The standard InChI is InChI=1S/C24H26ClNO5/c1-15(2)22(27)26-19-10-8-17(9-11-19)24(29)31-21-13-18(25)12-20(14-21)30-23(28)16-6-4-3-5-7-16/h8-16H,3-7H2,1-2H3,(H,26,27). The van der Waals surface area contributed by atoms with E-state index in [4.69, 9.17) is 21.1 Å². The first-order valence-corrected chi connectivity index (χ1v) is 10.8. The van der Waals surface area contributed by atoms with Crippen molar-refractivity contribution < 1.29 is 23.9 Å². The Hall–Kier alpha value is -2.86. The number of halogens is 1. The van der Waals surface area contributed by atoms with Crippen molar-refractivity contribution in [1.82, 2.24) is 0 Å². The Labute approximate surface area is 186 Å². The SMILES string of the molecule is CC(C)C(=O)Nc1ccc(C(=O)Oc2cc(Cl)cc(OC(=O)C3CCCCC3)c2)cc1. The van der Waals surface area contributed by atoms with Gasteiger partial charge in [0.05, 0.1) is 11.5 Å². The summed E-state index contributed by atoms with van der Waals surface area (Å²) in [6.45, 7) is 3.60. The number of carbonyl (C=O) groups excluding carboxylic acids is 3. The molecule has 1 aliphatic rings. The molecule has 0 heterocycles. The summed E-state index contributed by atoms with van der Waals surface area (Å²) in [6, 6.07) is 10.9. The van der Waals surface area contributed by atoms with Gasteiger partial charge in [-0.1, -0.05) is 44.7 Å². The van der Waals surface area contributed by atoms with E-state index >= 15 is 0 Å². The largest absolute Gasteiger partial charge is 0.426 e. The van der Waals surface area contributed by atoms with Crippen molar-refractivity contribution in [3.8, 4) is 11.5 Å². The number of anilines is 1. The maximum absolute atomic E-state index is 12.5. The average molecular weight is 444 g/mol. The molecule has 0 radical (unpaired) electrons. The van der Waals surface area contributed by atoms with E-state index in [9.17, 15) is 14.4 Å². The Morgan fingerprint density at radius 3 is 2.16 bits per heavy atom. The summed E-state index contributed by atoms with van der Waals surface area (Å²) >= 11 is 6.12. The second kappa shape index (κ2) is 10.4. The number of esters is 2. The van der Waals surface area contributed by atoms with Gasteiger partial charge in [-0.2, -0.15) is 0 Å². The third-order valence-electron chi connectivity index (χ3n) is 5.12. The van der Waals surface area contributed by atoms with Crippen LogP contribution in [0, 0.1) is 11.8 Å². The molecule has 7 heteroatoms. The van der Waals surface area contributed by atoms with Gasteiger partial charge in [0.2, 0.25) is 5.91 Å². The maximum atomic E-state index is 12.5. The molecular weight excluding hydrogens is 418 g/mol. The van der Waals surface area contributed by atoms with E-state index in [2.05, 4.69) is 5.32 Å². The van der Waals surface area contributed by atoms with Crippen LogP contribution in [-0.2, 0) is 9.59 Å². The Morgan fingerprint density at radius 1 is 0.935 bits per heavy atom. The molecule has 164 valence electrons. The molecule has 1 aliphatic carbocycles. The number of benzene rings is 2. The van der Waals surface area contributed by atoms with Crippen LogP contribution in [0.15, 0.2) is 42.5 Å². The van der Waals surface area contributed by atoms with E-state index in [1.807, 2.05) is 0 Å². The second-order valence-electron chi connectivity index (χ2n) is 7.99. The van der Waals surface area contributed by atoms with E-state index < -0.39 is 5.97 Å². The molecule has 0 saturated heterocycles. The van der Waals surface area contributed by atoms with Crippen molar-refractivity contribution in [3.63, 3.8) is 0 Å². The number of nitrogens with one attached hydrogen (secondary N) is 1. The van der Waals surface area contributed by atoms with Crippen LogP contribution in [0.3, 0.4) is 0 Å². The summed E-state index contributed by atoms with van der Waals surface area (Å²) in [6.07, 6.45) is 4.85. The molecule has 31 heavy (non-hydrogen) atoms. The molecule has 6 nitrogen and oxygen atoms in total. The van der Waals surface area contributed by atoms with Crippen LogP contribution in [0.25, 0.3) is 0 Å². The van der Waals surface area contributed by atoms with Crippen molar-refractivity contribution in [3.05, 3.63) is 53.1 Å². The van der Waals surface area contributed by atoms with Gasteiger partial charge in [0, 0.05) is 22.7 Å². The molecule has 1 amide bonds. The topological polar surface area (TPSA) is 81.7 Å². The van der Waals surface area contributed by atoms with E-state index in [-0.39, 0.29) is 35.2 Å². The smallest absolute Gasteiger partial charge is 0.343 e. The fraction of sp³-hybridized carbons (Fsp3) is 0.375. The van der Waals surface area contributed by atoms with Crippen molar-refractivity contribution in [2.75, 3.05) is 5.32 Å². The summed E-state index contributed by atoms with van der Waals surface area (Å²) < 4.78 is 10.9. The molecule has 0 aromatic heterocycles. The molecule has 3 rings (SSSR count). The van der Waals surface area contributed by atoms with E-state index in [1.54, 1.807) is 38.1 Å². The van der Waals surface area contributed by atoms with E-state index in [0.29, 0.717) is 16.3 Å². The van der Waals surface area contributed by atoms with Gasteiger partial charge in [-0.05, 0) is 49.2 Å². The predicted octanol–water partition coefficient (Wildman–Crippen LogP) is 5.64. The summed E-state index contributed by atoms with van der Waals surface area (Å²) in [5.41, 5.74) is 0.901. The summed E-state index contributed by atoms with van der Waals surface area (Å²) in [4.78, 5) is 36.6. The van der Waals surface area contributed by atoms with Crippen LogP contribution in [0.1, 0.15) is 56.3 Å². The lowest BCUT2D eigenvalue weighted by atomic mass is 9.89. The lowest BCUT2D eigenvalue weighted by Crippen LogP contribution is -2.22. The first-order chi connectivity index (χ1) is 14.8. The van der Waals surface area contributed by atoms with Crippen molar-refractivity contribution in [2.24, 2.45) is 11.8 Å². The lowest BCUT2D eigenvalue weighted by Gasteiger charge is -2.20. The third kappa shape index (κ3) is 6.56. The van der Waals surface area contributed by atoms with Crippen LogP contribution in [0.4, 0.5) is 5.69 Å². The lowest BCUT2D eigenvalue weighted by molar-refractivity contribution is -0.140. The van der Waals surface area contributed by atoms with Gasteiger partial charge in [0.25, 0.3) is 0 Å². The van der Waals surface area contributed by atoms with Gasteiger partial charge in [0.1, 0.15) is 11.5 Å². The minimum Gasteiger partial charge on any atom is -0.426 e. The number of ether oxygens (including phenoxy) is 2. The number of amides is 1. The highest BCUT2D eigenvalue weighted by atomic mass is 35.5. The third-order valence-corrected chi connectivity index (χ3v) is 5.34. The molecule has 2 aromatic carbocycles. The summed E-state index contributed by atoms with van der Waals surface area (Å²) in [5, 5.41) is 3.06. The summed E-state index contributed by atoms with van der Waals surface area (Å²) in [5.74, 6) is -0.794. The molecule has 0 aliphatic heterocycles. The predicted molar refractivity (Wildman–Crippen MR) is 119 cm³/mol. The molecule has 0 unspecified atom stereocenters. The van der Waals surface area contributed by atoms with Gasteiger partial charge >= 0.3 is 11.9 Å². The highest BCUT2D eigenvalue weighted by Gasteiger charge is 2.23. The first-order valence-electron chi connectivity index (χ1n) is 10.5. The van der Waals surface area contributed by atoms with Crippen molar-refractivity contribution in [1.29, 1.82) is 0 Å². The molecule has 2 aromatic rings. The number of hydrogen-bond donors (Lipinski definition) is 1. The summed E-state index contributed by atoms with van der Waals surface area (Å²) in [7, 11) is 0. The Morgan fingerprint density at radius 2 is 1.55 bits per heavy atom. The molecular formula is C24H26ClNO5.